The van der Waals surface area contributed by atoms with Crippen molar-refractivity contribution in [3.8, 4) is 40.1 Å². The minimum Gasteiger partial charge on any atom is -0.508 e. The van der Waals surface area contributed by atoms with E-state index in [2.05, 4.69) is 0 Å². The lowest BCUT2D eigenvalue weighted by Crippen LogP contribution is -2.40. The molecule has 33 heavy (non-hydrogen) atoms. The zero-order valence-electron chi connectivity index (χ0n) is 16.7. The first kappa shape index (κ1) is 22.6. The molecule has 1 aliphatic heterocycles. The third-order valence-corrected chi connectivity index (χ3v) is 5.21. The molecule has 0 bridgehead atoms. The summed E-state index contributed by atoms with van der Waals surface area (Å²) in [5, 5.41) is 78.3. The molecule has 12 nitrogen and oxygen atoms in total. The van der Waals surface area contributed by atoms with Crippen LogP contribution < -0.4 is 10.2 Å². The van der Waals surface area contributed by atoms with Crippen molar-refractivity contribution in [1.29, 1.82) is 0 Å². The van der Waals surface area contributed by atoms with Crippen LogP contribution in [0.5, 0.6) is 28.7 Å². The van der Waals surface area contributed by atoms with Crippen LogP contribution in [0.3, 0.4) is 0 Å². The van der Waals surface area contributed by atoms with Crippen LogP contribution in [0.25, 0.3) is 22.3 Å². The van der Waals surface area contributed by atoms with Crippen molar-refractivity contribution in [2.24, 2.45) is 0 Å². The minimum absolute atomic E-state index is 0.0297. The molecule has 2 heterocycles. The van der Waals surface area contributed by atoms with Crippen molar-refractivity contribution in [3.63, 3.8) is 0 Å². The second-order valence-corrected chi connectivity index (χ2v) is 7.45. The summed E-state index contributed by atoms with van der Waals surface area (Å²) in [6, 6.07) is 5.38. The van der Waals surface area contributed by atoms with E-state index in [4.69, 9.17) is 19.0 Å². The van der Waals surface area contributed by atoms with Crippen molar-refractivity contribution in [2.75, 3.05) is 6.61 Å². The maximum absolute atomic E-state index is 13.2. The second-order valence-electron chi connectivity index (χ2n) is 7.45. The molecule has 0 amide bonds. The smallest absolute Gasteiger partial charge is 0.239 e. The van der Waals surface area contributed by atoms with Gasteiger partial charge in [0.05, 0.1) is 6.61 Å². The number of aliphatic hydroxyl groups excluding tert-OH is 4. The highest BCUT2D eigenvalue weighted by molar-refractivity contribution is 5.88. The third kappa shape index (κ3) is 3.90. The quantitative estimate of drug-likeness (QED) is 0.224. The van der Waals surface area contributed by atoms with Crippen molar-refractivity contribution >= 4 is 11.0 Å². The Morgan fingerprint density at radius 3 is 2.36 bits per heavy atom. The van der Waals surface area contributed by atoms with E-state index in [1.54, 1.807) is 0 Å². The summed E-state index contributed by atoms with van der Waals surface area (Å²) in [5.41, 5.74) is -1.16. The van der Waals surface area contributed by atoms with Gasteiger partial charge < -0.3 is 54.7 Å². The number of ether oxygens (including phenoxy) is 2. The molecule has 5 atom stereocenters. The number of hydrogen-bond donors (Lipinski definition) is 8. The lowest BCUT2D eigenvalue weighted by molar-refractivity contribution is -0.137. The lowest BCUT2D eigenvalue weighted by Gasteiger charge is -2.19. The van der Waals surface area contributed by atoms with Gasteiger partial charge in [-0.3, -0.25) is 4.79 Å². The number of fused-ring (bicyclic) bond motifs is 1. The highest BCUT2D eigenvalue weighted by atomic mass is 16.7. The molecule has 0 radical (unpaired) electrons. The number of benzene rings is 2. The largest absolute Gasteiger partial charge is 0.508 e. The van der Waals surface area contributed by atoms with E-state index < -0.39 is 71.5 Å². The molecule has 8 N–H and O–H groups in total. The van der Waals surface area contributed by atoms with Gasteiger partial charge in [-0.25, -0.2) is 0 Å². The van der Waals surface area contributed by atoms with E-state index in [1.807, 2.05) is 0 Å². The summed E-state index contributed by atoms with van der Waals surface area (Å²) in [7, 11) is 0. The molecule has 0 saturated carbocycles. The first-order chi connectivity index (χ1) is 15.6. The van der Waals surface area contributed by atoms with Crippen molar-refractivity contribution in [3.05, 3.63) is 40.6 Å². The molecular weight excluding hydrogens is 444 g/mol. The predicted molar refractivity (Wildman–Crippen MR) is 109 cm³/mol. The van der Waals surface area contributed by atoms with Crippen LogP contribution in [0.1, 0.15) is 0 Å². The minimum atomic E-state index is -1.75. The van der Waals surface area contributed by atoms with Crippen LogP contribution in [0.15, 0.2) is 39.5 Å². The van der Waals surface area contributed by atoms with Gasteiger partial charge in [0.2, 0.25) is 17.5 Å². The molecule has 176 valence electrons. The zero-order valence-corrected chi connectivity index (χ0v) is 16.7. The van der Waals surface area contributed by atoms with Crippen LogP contribution in [0.4, 0.5) is 0 Å². The fourth-order valence-corrected chi connectivity index (χ4v) is 3.54. The number of aromatic hydroxyl groups is 4. The average Bonchev–Trinajstić information content (AvgIpc) is 3.04. The van der Waals surface area contributed by atoms with Crippen LogP contribution >= 0.6 is 0 Å². The average molecular weight is 464 g/mol. The number of phenols is 4. The normalized spacial score (nSPS) is 23.6. The Kier molecular flexibility index (Phi) is 5.78. The molecule has 2 aromatic carbocycles. The van der Waals surface area contributed by atoms with Gasteiger partial charge in [0.15, 0.2) is 17.3 Å². The van der Waals surface area contributed by atoms with Crippen molar-refractivity contribution in [1.82, 2.24) is 0 Å². The van der Waals surface area contributed by atoms with Gasteiger partial charge in [-0.1, -0.05) is 0 Å². The summed E-state index contributed by atoms with van der Waals surface area (Å²) in [6.07, 6.45) is -8.11. The van der Waals surface area contributed by atoms with Crippen molar-refractivity contribution < 1.29 is 54.7 Å². The van der Waals surface area contributed by atoms with Gasteiger partial charge in [-0.15, -0.1) is 0 Å². The molecule has 4 rings (SSSR count). The van der Waals surface area contributed by atoms with Crippen molar-refractivity contribution in [2.45, 2.75) is 30.7 Å². The monoisotopic (exact) mass is 464 g/mol. The number of rotatable bonds is 5. The topological polar surface area (TPSA) is 211 Å². The highest BCUT2D eigenvalue weighted by Crippen LogP contribution is 2.39. The Morgan fingerprint density at radius 1 is 0.970 bits per heavy atom. The van der Waals surface area contributed by atoms with Gasteiger partial charge in [-0.05, 0) is 18.2 Å². The molecule has 1 fully saturated rings. The Hall–Kier alpha value is -3.55. The van der Waals surface area contributed by atoms with E-state index in [0.717, 1.165) is 24.3 Å². The van der Waals surface area contributed by atoms with Gasteiger partial charge >= 0.3 is 0 Å². The zero-order chi connectivity index (χ0) is 24.0. The molecule has 12 heteroatoms. The molecule has 1 aromatic heterocycles. The second kappa shape index (κ2) is 8.42. The number of hydrogen-bond acceptors (Lipinski definition) is 12. The van der Waals surface area contributed by atoms with Gasteiger partial charge in [0.1, 0.15) is 46.9 Å². The Morgan fingerprint density at radius 2 is 1.70 bits per heavy atom. The third-order valence-electron chi connectivity index (χ3n) is 5.21. The van der Waals surface area contributed by atoms with Gasteiger partial charge in [0.25, 0.3) is 0 Å². The Balaban J connectivity index is 1.88. The summed E-state index contributed by atoms with van der Waals surface area (Å²) in [4.78, 5) is 13.2. The maximum Gasteiger partial charge on any atom is 0.239 e. The van der Waals surface area contributed by atoms with E-state index in [9.17, 15) is 40.5 Å². The first-order valence-corrected chi connectivity index (χ1v) is 9.64. The fraction of sp³-hybridized carbons (Fsp3) is 0.286. The standard InChI is InChI=1S/C21H20O12/c22-6-12(27)19-16(29)17(30)21(32-19)33-20-15(28)14-11(26)4-8(23)5-13(14)31-18(20)7-1-2-9(24)10(25)3-7/h1-5,12,16-17,19,21-27,29-30H,6H2. The number of phenolic OH excluding ortho intramolecular Hbond substituents is 4. The van der Waals surface area contributed by atoms with Crippen LogP contribution in [0.2, 0.25) is 0 Å². The fourth-order valence-electron chi connectivity index (χ4n) is 3.54. The van der Waals surface area contributed by atoms with Crippen LogP contribution in [-0.2, 0) is 4.74 Å². The van der Waals surface area contributed by atoms with Gasteiger partial charge in [0, 0.05) is 17.7 Å². The molecular formula is C21H20O12. The molecule has 1 aliphatic rings. The Bertz CT molecular complexity index is 1250. The van der Waals surface area contributed by atoms with Crippen LogP contribution in [-0.4, -0.2) is 78.2 Å². The maximum atomic E-state index is 13.2. The highest BCUT2D eigenvalue weighted by Gasteiger charge is 2.47. The summed E-state index contributed by atoms with van der Waals surface area (Å²) in [5.74, 6) is -3.00. The van der Waals surface area contributed by atoms with E-state index in [1.165, 1.54) is 6.07 Å². The van der Waals surface area contributed by atoms with E-state index in [-0.39, 0.29) is 22.3 Å². The Labute approximate surface area is 184 Å². The van der Waals surface area contributed by atoms with Crippen LogP contribution in [0, 0.1) is 0 Å². The molecule has 0 aliphatic carbocycles. The molecule has 0 spiro atoms. The summed E-state index contributed by atoms with van der Waals surface area (Å²) < 4.78 is 16.5. The summed E-state index contributed by atoms with van der Waals surface area (Å²) in [6.45, 7) is -0.783. The van der Waals surface area contributed by atoms with E-state index in [0.29, 0.717) is 0 Å². The van der Waals surface area contributed by atoms with E-state index >= 15 is 0 Å². The SMILES string of the molecule is O=c1c(OC2OC(C(O)CO)C(O)C2O)c(-c2ccc(O)c(O)c2)oc2cc(O)cc(O)c12. The van der Waals surface area contributed by atoms with Gasteiger partial charge in [-0.2, -0.15) is 0 Å². The number of aliphatic hydroxyl groups is 4. The predicted octanol–water partition coefficient (Wildman–Crippen LogP) is -0.539. The first-order valence-electron chi connectivity index (χ1n) is 9.64. The molecule has 5 unspecified atom stereocenters. The molecule has 1 saturated heterocycles. The lowest BCUT2D eigenvalue weighted by atomic mass is 10.1. The summed E-state index contributed by atoms with van der Waals surface area (Å²) >= 11 is 0. The molecule has 3 aromatic rings.